The van der Waals surface area contributed by atoms with Gasteiger partial charge in [-0.15, -0.1) is 0 Å². The minimum atomic E-state index is -4.28. The van der Waals surface area contributed by atoms with Crippen molar-refractivity contribution in [1.82, 2.24) is 5.32 Å². The van der Waals surface area contributed by atoms with Gasteiger partial charge in [0.05, 0.1) is 4.92 Å². The van der Waals surface area contributed by atoms with Crippen molar-refractivity contribution in [2.24, 2.45) is 0 Å². The number of thioether (sulfide) groups is 1. The molecule has 172 valence electrons. The summed E-state index contributed by atoms with van der Waals surface area (Å²) in [6.45, 7) is 0.372. The summed E-state index contributed by atoms with van der Waals surface area (Å²) in [5, 5.41) is 13.6. The molecule has 11 heteroatoms. The lowest BCUT2D eigenvalue weighted by atomic mass is 10.2. The van der Waals surface area contributed by atoms with Crippen LogP contribution in [0.3, 0.4) is 0 Å². The number of amides is 1. The molecule has 0 saturated heterocycles. The standard InChI is InChI=1S/C22H19FN2O6S2/c23-21-7-2-1-4-17(21)15-32-13-12-24-22(26)16-8-10-19(11-9-16)31-33(29,30)20-6-3-5-18(14-20)25(27)28/h1-11,14H,12-13,15H2,(H,24,26). The maximum absolute atomic E-state index is 13.6. The number of rotatable bonds is 10. The van der Waals surface area contributed by atoms with Crippen LogP contribution in [0.15, 0.2) is 77.7 Å². The van der Waals surface area contributed by atoms with Crippen molar-refractivity contribution >= 4 is 33.5 Å². The second-order valence-corrected chi connectivity index (χ2v) is 9.37. The van der Waals surface area contributed by atoms with E-state index in [1.54, 1.807) is 18.2 Å². The zero-order valence-corrected chi connectivity index (χ0v) is 18.8. The molecule has 0 fully saturated rings. The number of hydrogen-bond acceptors (Lipinski definition) is 7. The zero-order chi connectivity index (χ0) is 23.8. The number of carbonyl (C=O) groups is 1. The number of nitrogens with one attached hydrogen (secondary N) is 1. The molecule has 0 aliphatic rings. The largest absolute Gasteiger partial charge is 0.379 e. The summed E-state index contributed by atoms with van der Waals surface area (Å²) in [6.07, 6.45) is 0. The van der Waals surface area contributed by atoms with E-state index in [1.165, 1.54) is 60.3 Å². The van der Waals surface area contributed by atoms with Gasteiger partial charge in [-0.1, -0.05) is 24.3 Å². The van der Waals surface area contributed by atoms with E-state index in [-0.39, 0.29) is 28.1 Å². The van der Waals surface area contributed by atoms with Crippen molar-refractivity contribution in [1.29, 1.82) is 0 Å². The van der Waals surface area contributed by atoms with Gasteiger partial charge in [0.2, 0.25) is 0 Å². The summed E-state index contributed by atoms with van der Waals surface area (Å²) in [4.78, 5) is 22.0. The summed E-state index contributed by atoms with van der Waals surface area (Å²) in [5.74, 6) is 0.424. The van der Waals surface area contributed by atoms with Gasteiger partial charge in [0, 0.05) is 35.7 Å². The molecule has 1 amide bonds. The first-order valence-electron chi connectivity index (χ1n) is 9.64. The highest BCUT2D eigenvalue weighted by Crippen LogP contribution is 2.22. The lowest BCUT2D eigenvalue weighted by molar-refractivity contribution is -0.385. The van der Waals surface area contributed by atoms with Crippen LogP contribution >= 0.6 is 11.8 Å². The summed E-state index contributed by atoms with van der Waals surface area (Å²) in [6, 6.07) is 16.5. The van der Waals surface area contributed by atoms with Crippen LogP contribution in [0, 0.1) is 15.9 Å². The van der Waals surface area contributed by atoms with Crippen LogP contribution in [0.25, 0.3) is 0 Å². The van der Waals surface area contributed by atoms with E-state index in [4.69, 9.17) is 4.18 Å². The Morgan fingerprint density at radius 1 is 1.06 bits per heavy atom. The zero-order valence-electron chi connectivity index (χ0n) is 17.1. The van der Waals surface area contributed by atoms with E-state index < -0.39 is 15.0 Å². The van der Waals surface area contributed by atoms with Crippen molar-refractivity contribution in [3.63, 3.8) is 0 Å². The average molecular weight is 491 g/mol. The maximum atomic E-state index is 13.6. The summed E-state index contributed by atoms with van der Waals surface area (Å²) >= 11 is 1.48. The van der Waals surface area contributed by atoms with Gasteiger partial charge < -0.3 is 9.50 Å². The Morgan fingerprint density at radius 2 is 1.79 bits per heavy atom. The first kappa shape index (κ1) is 24.2. The predicted octanol–water partition coefficient (Wildman–Crippen LogP) is 4.16. The molecule has 3 aromatic carbocycles. The van der Waals surface area contributed by atoms with E-state index >= 15 is 0 Å². The highest BCUT2D eigenvalue weighted by Gasteiger charge is 2.20. The lowest BCUT2D eigenvalue weighted by Crippen LogP contribution is -2.25. The Hall–Kier alpha value is -3.44. The van der Waals surface area contributed by atoms with Crippen LogP contribution in [-0.4, -0.2) is 31.5 Å². The van der Waals surface area contributed by atoms with Crippen LogP contribution in [0.2, 0.25) is 0 Å². The van der Waals surface area contributed by atoms with E-state index in [9.17, 15) is 27.7 Å². The second-order valence-electron chi connectivity index (χ2n) is 6.72. The first-order chi connectivity index (χ1) is 15.8. The molecule has 1 N–H and O–H groups in total. The van der Waals surface area contributed by atoms with Crippen LogP contribution in [0.4, 0.5) is 10.1 Å². The van der Waals surface area contributed by atoms with Crippen molar-refractivity contribution < 1.29 is 26.7 Å². The van der Waals surface area contributed by atoms with Gasteiger partial charge in [-0.05, 0) is 42.0 Å². The highest BCUT2D eigenvalue weighted by molar-refractivity contribution is 7.98. The van der Waals surface area contributed by atoms with Gasteiger partial charge in [-0.3, -0.25) is 14.9 Å². The quantitative estimate of drug-likeness (QED) is 0.196. The summed E-state index contributed by atoms with van der Waals surface area (Å²) in [5.41, 5.74) is 0.525. The topological polar surface area (TPSA) is 116 Å². The number of hydrogen-bond donors (Lipinski definition) is 1. The molecule has 0 aromatic heterocycles. The molecule has 0 unspecified atom stereocenters. The van der Waals surface area contributed by atoms with Crippen LogP contribution < -0.4 is 9.50 Å². The molecule has 33 heavy (non-hydrogen) atoms. The monoisotopic (exact) mass is 490 g/mol. The Kier molecular flexibility index (Phi) is 8.01. The number of halogens is 1. The number of benzene rings is 3. The van der Waals surface area contributed by atoms with E-state index in [2.05, 4.69) is 5.32 Å². The number of nitro benzene ring substituents is 1. The van der Waals surface area contributed by atoms with Crippen molar-refractivity contribution in [3.05, 3.63) is 99.9 Å². The molecule has 0 bridgehead atoms. The van der Waals surface area contributed by atoms with E-state index in [1.807, 2.05) is 0 Å². The van der Waals surface area contributed by atoms with Gasteiger partial charge >= 0.3 is 10.1 Å². The molecule has 0 heterocycles. The molecule has 3 rings (SSSR count). The molecule has 3 aromatic rings. The third-order valence-corrected chi connectivity index (χ3v) is 6.64. The van der Waals surface area contributed by atoms with E-state index in [0.717, 1.165) is 6.07 Å². The summed E-state index contributed by atoms with van der Waals surface area (Å²) < 4.78 is 43.3. The summed E-state index contributed by atoms with van der Waals surface area (Å²) in [7, 11) is -4.28. The van der Waals surface area contributed by atoms with Gasteiger partial charge in [0.25, 0.3) is 11.6 Å². The Bertz CT molecular complexity index is 1250. The average Bonchev–Trinajstić information content (AvgIpc) is 2.80. The number of nitrogens with zero attached hydrogens (tertiary/aromatic N) is 1. The normalized spacial score (nSPS) is 11.1. The molecule has 0 radical (unpaired) electrons. The molecule has 0 aliphatic carbocycles. The Labute approximate surface area is 194 Å². The predicted molar refractivity (Wildman–Crippen MR) is 122 cm³/mol. The SMILES string of the molecule is O=C(NCCSCc1ccccc1F)c1ccc(OS(=O)(=O)c2cccc([N+](=O)[O-])c2)cc1. The fraction of sp³-hybridized carbons (Fsp3) is 0.136. The first-order valence-corrected chi connectivity index (χ1v) is 12.2. The third-order valence-electron chi connectivity index (χ3n) is 4.39. The minimum Gasteiger partial charge on any atom is -0.379 e. The van der Waals surface area contributed by atoms with Gasteiger partial charge in [-0.2, -0.15) is 20.2 Å². The molecular formula is C22H19FN2O6S2. The number of carbonyl (C=O) groups excluding carboxylic acids is 1. The highest BCUT2D eigenvalue weighted by atomic mass is 32.2. The third kappa shape index (κ3) is 6.77. The fourth-order valence-electron chi connectivity index (χ4n) is 2.73. The van der Waals surface area contributed by atoms with Crippen LogP contribution in [0.1, 0.15) is 15.9 Å². The fourth-order valence-corrected chi connectivity index (χ4v) is 4.54. The molecular weight excluding hydrogens is 471 g/mol. The number of non-ortho nitro benzene ring substituents is 1. The molecule has 0 saturated carbocycles. The van der Waals surface area contributed by atoms with E-state index in [0.29, 0.717) is 29.2 Å². The van der Waals surface area contributed by atoms with Crippen molar-refractivity contribution in [3.8, 4) is 5.75 Å². The maximum Gasteiger partial charge on any atom is 0.339 e. The molecule has 8 nitrogen and oxygen atoms in total. The van der Waals surface area contributed by atoms with Gasteiger partial charge in [0.1, 0.15) is 16.5 Å². The lowest BCUT2D eigenvalue weighted by Gasteiger charge is -2.09. The van der Waals surface area contributed by atoms with Gasteiger partial charge in [0.15, 0.2) is 0 Å². The van der Waals surface area contributed by atoms with Gasteiger partial charge in [-0.25, -0.2) is 4.39 Å². The minimum absolute atomic E-state index is 0.0431. The molecule has 0 atom stereocenters. The molecule has 0 spiro atoms. The van der Waals surface area contributed by atoms with Crippen LogP contribution in [0.5, 0.6) is 5.75 Å². The van der Waals surface area contributed by atoms with Crippen molar-refractivity contribution in [2.75, 3.05) is 12.3 Å². The Morgan fingerprint density at radius 3 is 2.48 bits per heavy atom. The second kappa shape index (κ2) is 10.9. The van der Waals surface area contributed by atoms with Crippen molar-refractivity contribution in [2.45, 2.75) is 10.6 Å². The Balaban J connectivity index is 1.51. The number of nitro groups is 1. The van der Waals surface area contributed by atoms with Crippen LogP contribution in [-0.2, 0) is 15.9 Å². The molecule has 0 aliphatic heterocycles. The smallest absolute Gasteiger partial charge is 0.339 e.